The Hall–Kier alpha value is -2.17. The Morgan fingerprint density at radius 2 is 2.26 bits per heavy atom. The van der Waals surface area contributed by atoms with Crippen molar-refractivity contribution in [1.82, 2.24) is 9.78 Å². The molecule has 1 aliphatic heterocycles. The van der Waals surface area contributed by atoms with Crippen LogP contribution in [0.4, 0.5) is 4.39 Å². The second-order valence-electron chi connectivity index (χ2n) is 4.54. The van der Waals surface area contributed by atoms with Crippen LogP contribution >= 0.6 is 0 Å². The van der Waals surface area contributed by atoms with Crippen LogP contribution in [0.5, 0.6) is 5.88 Å². The first-order valence-electron chi connectivity index (χ1n) is 6.21. The number of fused-ring (bicyclic) bond motifs is 1. The maximum Gasteiger partial charge on any atom is 0.233 e. The molecule has 1 aromatic carbocycles. The number of nitrogens with zero attached hydrogens (tertiary/aromatic N) is 2. The molecule has 0 atom stereocenters. The largest absolute Gasteiger partial charge is 0.472 e. The molecule has 0 radical (unpaired) electrons. The normalized spacial score (nSPS) is 14.3. The minimum absolute atomic E-state index is 0.0966. The fourth-order valence-electron chi connectivity index (χ4n) is 2.16. The van der Waals surface area contributed by atoms with Gasteiger partial charge in [-0.05, 0) is 24.1 Å². The number of hydrogen-bond acceptors (Lipinski definition) is 3. The zero-order valence-corrected chi connectivity index (χ0v) is 10.3. The molecule has 3 rings (SSSR count). The van der Waals surface area contributed by atoms with Gasteiger partial charge in [-0.3, -0.25) is 9.48 Å². The van der Waals surface area contributed by atoms with Crippen molar-refractivity contribution >= 4 is 5.78 Å². The predicted molar refractivity (Wildman–Crippen MR) is 66.5 cm³/mol. The lowest BCUT2D eigenvalue weighted by atomic mass is 10.1. The fraction of sp³-hybridized carbons (Fsp3) is 0.286. The van der Waals surface area contributed by atoms with Crippen LogP contribution in [0.15, 0.2) is 30.3 Å². The SMILES string of the molecule is O=C1CCCn2nc(OCc3cccc(F)c3)cc21. The van der Waals surface area contributed by atoms with E-state index in [-0.39, 0.29) is 18.2 Å². The van der Waals surface area contributed by atoms with Gasteiger partial charge < -0.3 is 4.74 Å². The average Bonchev–Trinajstić information content (AvgIpc) is 2.81. The van der Waals surface area contributed by atoms with E-state index in [0.29, 0.717) is 18.0 Å². The molecule has 0 saturated carbocycles. The van der Waals surface area contributed by atoms with Gasteiger partial charge in [-0.1, -0.05) is 12.1 Å². The highest BCUT2D eigenvalue weighted by atomic mass is 19.1. The Balaban J connectivity index is 1.72. The summed E-state index contributed by atoms with van der Waals surface area (Å²) in [6.07, 6.45) is 1.38. The summed E-state index contributed by atoms with van der Waals surface area (Å²) < 4.78 is 20.2. The molecule has 5 heteroatoms. The summed E-state index contributed by atoms with van der Waals surface area (Å²) in [6, 6.07) is 7.87. The van der Waals surface area contributed by atoms with E-state index in [1.54, 1.807) is 22.9 Å². The first kappa shape index (κ1) is 11.9. The van der Waals surface area contributed by atoms with Crippen molar-refractivity contribution in [2.24, 2.45) is 0 Å². The number of aromatic nitrogens is 2. The van der Waals surface area contributed by atoms with Gasteiger partial charge in [-0.2, -0.15) is 0 Å². The number of aryl methyl sites for hydroxylation is 1. The lowest BCUT2D eigenvalue weighted by molar-refractivity contribution is 0.0951. The third kappa shape index (κ3) is 2.50. The number of rotatable bonds is 3. The second-order valence-corrected chi connectivity index (χ2v) is 4.54. The molecule has 0 N–H and O–H groups in total. The van der Waals surface area contributed by atoms with Gasteiger partial charge in [0.15, 0.2) is 5.78 Å². The van der Waals surface area contributed by atoms with Gasteiger partial charge >= 0.3 is 0 Å². The van der Waals surface area contributed by atoms with E-state index >= 15 is 0 Å². The summed E-state index contributed by atoms with van der Waals surface area (Å²) in [5.74, 6) is 0.217. The maximum atomic E-state index is 13.0. The number of ether oxygens (including phenoxy) is 1. The Morgan fingerprint density at radius 3 is 3.05 bits per heavy atom. The third-order valence-electron chi connectivity index (χ3n) is 3.09. The van der Waals surface area contributed by atoms with Crippen molar-refractivity contribution < 1.29 is 13.9 Å². The summed E-state index contributed by atoms with van der Waals surface area (Å²) >= 11 is 0. The van der Waals surface area contributed by atoms with Crippen LogP contribution in [0.1, 0.15) is 28.9 Å². The standard InChI is InChI=1S/C14H13FN2O2/c15-11-4-1-3-10(7-11)9-19-14-8-12-13(18)5-2-6-17(12)16-14/h1,3-4,7-8H,2,5-6,9H2. The van der Waals surface area contributed by atoms with Crippen molar-refractivity contribution in [3.63, 3.8) is 0 Å². The van der Waals surface area contributed by atoms with Crippen molar-refractivity contribution in [1.29, 1.82) is 0 Å². The van der Waals surface area contributed by atoms with Crippen LogP contribution in [0.3, 0.4) is 0 Å². The van der Waals surface area contributed by atoms with E-state index < -0.39 is 0 Å². The number of Topliss-reactive ketones (excluding diaryl/α,β-unsaturated/α-hetero) is 1. The Kier molecular flexibility index (Phi) is 3.03. The number of halogens is 1. The molecule has 98 valence electrons. The zero-order valence-electron chi connectivity index (χ0n) is 10.3. The van der Waals surface area contributed by atoms with Gasteiger partial charge in [-0.15, -0.1) is 5.10 Å². The molecular formula is C14H13FN2O2. The molecule has 2 heterocycles. The Labute approximate surface area is 109 Å². The van der Waals surface area contributed by atoms with Crippen molar-refractivity contribution in [2.75, 3.05) is 0 Å². The van der Waals surface area contributed by atoms with Crippen molar-refractivity contribution in [3.05, 3.63) is 47.4 Å². The minimum atomic E-state index is -0.291. The summed E-state index contributed by atoms with van der Waals surface area (Å²) in [6.45, 7) is 0.979. The zero-order chi connectivity index (χ0) is 13.2. The van der Waals surface area contributed by atoms with E-state index in [1.165, 1.54) is 12.1 Å². The minimum Gasteiger partial charge on any atom is -0.472 e. The highest BCUT2D eigenvalue weighted by Gasteiger charge is 2.20. The van der Waals surface area contributed by atoms with Crippen LogP contribution in [0, 0.1) is 5.82 Å². The summed E-state index contributed by atoms with van der Waals surface area (Å²) in [5.41, 5.74) is 1.33. The van der Waals surface area contributed by atoms with Gasteiger partial charge in [0.1, 0.15) is 18.1 Å². The predicted octanol–water partition coefficient (Wildman–Crippen LogP) is 2.58. The summed E-state index contributed by atoms with van der Waals surface area (Å²) in [7, 11) is 0. The topological polar surface area (TPSA) is 44.1 Å². The smallest absolute Gasteiger partial charge is 0.233 e. The molecule has 0 amide bonds. The first-order valence-corrected chi connectivity index (χ1v) is 6.21. The number of hydrogen-bond donors (Lipinski definition) is 0. The van der Waals surface area contributed by atoms with E-state index in [9.17, 15) is 9.18 Å². The van der Waals surface area contributed by atoms with E-state index in [4.69, 9.17) is 4.74 Å². The highest BCUT2D eigenvalue weighted by Crippen LogP contribution is 2.20. The number of carbonyl (C=O) groups is 1. The van der Waals surface area contributed by atoms with E-state index in [0.717, 1.165) is 18.5 Å². The van der Waals surface area contributed by atoms with E-state index in [2.05, 4.69) is 5.10 Å². The average molecular weight is 260 g/mol. The molecule has 0 unspecified atom stereocenters. The van der Waals surface area contributed by atoms with Crippen LogP contribution in [0.25, 0.3) is 0 Å². The number of ketones is 1. The van der Waals surface area contributed by atoms with Crippen LogP contribution in [-0.2, 0) is 13.2 Å². The fourth-order valence-corrected chi connectivity index (χ4v) is 2.16. The lowest BCUT2D eigenvalue weighted by Crippen LogP contribution is -2.16. The molecule has 0 aliphatic carbocycles. The van der Waals surface area contributed by atoms with Gasteiger partial charge in [0.05, 0.1) is 0 Å². The van der Waals surface area contributed by atoms with Crippen LogP contribution in [0.2, 0.25) is 0 Å². The molecule has 4 nitrogen and oxygen atoms in total. The maximum absolute atomic E-state index is 13.0. The Bertz CT molecular complexity index is 622. The van der Waals surface area contributed by atoms with Gasteiger partial charge in [0.25, 0.3) is 0 Å². The van der Waals surface area contributed by atoms with Crippen LogP contribution < -0.4 is 4.74 Å². The quantitative estimate of drug-likeness (QED) is 0.852. The molecular weight excluding hydrogens is 247 g/mol. The molecule has 1 aromatic heterocycles. The van der Waals surface area contributed by atoms with Crippen molar-refractivity contribution in [3.8, 4) is 5.88 Å². The molecule has 2 aromatic rings. The molecule has 0 spiro atoms. The Morgan fingerprint density at radius 1 is 1.37 bits per heavy atom. The van der Waals surface area contributed by atoms with Gasteiger partial charge in [-0.25, -0.2) is 4.39 Å². The molecule has 0 bridgehead atoms. The summed E-state index contributed by atoms with van der Waals surface area (Å²) in [5, 5.41) is 4.22. The number of benzene rings is 1. The molecule has 0 saturated heterocycles. The third-order valence-corrected chi connectivity index (χ3v) is 3.09. The molecule has 0 fully saturated rings. The lowest BCUT2D eigenvalue weighted by Gasteiger charge is -2.10. The van der Waals surface area contributed by atoms with Crippen LogP contribution in [-0.4, -0.2) is 15.6 Å². The number of carbonyl (C=O) groups excluding carboxylic acids is 1. The highest BCUT2D eigenvalue weighted by molar-refractivity contribution is 5.95. The molecule has 1 aliphatic rings. The van der Waals surface area contributed by atoms with E-state index in [1.807, 2.05) is 0 Å². The monoisotopic (exact) mass is 260 g/mol. The van der Waals surface area contributed by atoms with Crippen molar-refractivity contribution in [2.45, 2.75) is 26.0 Å². The summed E-state index contributed by atoms with van der Waals surface area (Å²) in [4.78, 5) is 11.7. The van der Waals surface area contributed by atoms with Gasteiger partial charge in [0, 0.05) is 19.0 Å². The van der Waals surface area contributed by atoms with Gasteiger partial charge in [0.2, 0.25) is 5.88 Å². The first-order chi connectivity index (χ1) is 9.22. The molecule has 19 heavy (non-hydrogen) atoms. The second kappa shape index (κ2) is 4.84.